The Morgan fingerprint density at radius 1 is 1.36 bits per heavy atom. The van der Waals surface area contributed by atoms with E-state index in [0.29, 0.717) is 0 Å². The van der Waals surface area contributed by atoms with E-state index in [4.69, 9.17) is 15.6 Å². The monoisotopic (exact) mass is 197 g/mol. The first-order chi connectivity index (χ1) is 6.52. The van der Waals surface area contributed by atoms with Crippen LogP contribution >= 0.6 is 0 Å². The highest BCUT2D eigenvalue weighted by atomic mass is 16.4. The van der Waals surface area contributed by atoms with Crippen molar-refractivity contribution in [2.45, 2.75) is 27.7 Å². The lowest BCUT2D eigenvalue weighted by atomic mass is 10.2. The van der Waals surface area contributed by atoms with Gasteiger partial charge >= 0.3 is 0 Å². The van der Waals surface area contributed by atoms with E-state index in [1.165, 1.54) is 5.56 Å². The van der Waals surface area contributed by atoms with E-state index in [-0.39, 0.29) is 0 Å². The number of aliphatic carboxylic acids is 1. The fraction of sp³-hybridized carbons (Fsp3) is 0.364. The van der Waals surface area contributed by atoms with Gasteiger partial charge in [0, 0.05) is 12.6 Å². The molecule has 0 spiro atoms. The zero-order chi connectivity index (χ0) is 11.6. The SMILES string of the molecule is CC.CC(=O)O.Cc1cccc(N)c1. The van der Waals surface area contributed by atoms with Crippen LogP contribution in [0, 0.1) is 6.92 Å². The average molecular weight is 197 g/mol. The van der Waals surface area contributed by atoms with Gasteiger partial charge in [0.25, 0.3) is 5.97 Å². The minimum absolute atomic E-state index is 0.833. The molecule has 1 rings (SSSR count). The molecule has 3 nitrogen and oxygen atoms in total. The van der Waals surface area contributed by atoms with Gasteiger partial charge in [0.2, 0.25) is 0 Å². The zero-order valence-electron chi connectivity index (χ0n) is 9.24. The summed E-state index contributed by atoms with van der Waals surface area (Å²) in [5, 5.41) is 7.42. The molecule has 0 amide bonds. The van der Waals surface area contributed by atoms with Gasteiger partial charge in [-0.3, -0.25) is 4.79 Å². The molecule has 0 radical (unpaired) electrons. The van der Waals surface area contributed by atoms with Gasteiger partial charge in [-0.25, -0.2) is 0 Å². The van der Waals surface area contributed by atoms with Gasteiger partial charge in [-0.1, -0.05) is 26.0 Å². The third-order valence-corrected chi connectivity index (χ3v) is 1.04. The Labute approximate surface area is 85.6 Å². The minimum Gasteiger partial charge on any atom is -0.481 e. The molecule has 0 atom stereocenters. The van der Waals surface area contributed by atoms with E-state index in [1.54, 1.807) is 0 Å². The quantitative estimate of drug-likeness (QED) is 0.628. The second-order valence-electron chi connectivity index (χ2n) is 2.43. The van der Waals surface area contributed by atoms with Gasteiger partial charge in [-0.05, 0) is 24.6 Å². The lowest BCUT2D eigenvalue weighted by Crippen LogP contribution is -1.82. The summed E-state index contributed by atoms with van der Waals surface area (Å²) in [4.78, 5) is 9.00. The molecule has 14 heavy (non-hydrogen) atoms. The molecule has 3 N–H and O–H groups in total. The van der Waals surface area contributed by atoms with Crippen molar-refractivity contribution in [3.8, 4) is 0 Å². The molecule has 0 bridgehead atoms. The van der Waals surface area contributed by atoms with Crippen LogP contribution in [0.4, 0.5) is 5.69 Å². The van der Waals surface area contributed by atoms with Crippen LogP contribution in [0.3, 0.4) is 0 Å². The third-order valence-electron chi connectivity index (χ3n) is 1.04. The van der Waals surface area contributed by atoms with E-state index in [0.717, 1.165) is 12.6 Å². The summed E-state index contributed by atoms with van der Waals surface area (Å²) < 4.78 is 0. The molecule has 0 saturated heterocycles. The molecular weight excluding hydrogens is 178 g/mol. The Balaban J connectivity index is 0. The third kappa shape index (κ3) is 13.1. The summed E-state index contributed by atoms with van der Waals surface area (Å²) in [6.07, 6.45) is 0. The fourth-order valence-corrected chi connectivity index (χ4v) is 0.670. The highest BCUT2D eigenvalue weighted by Gasteiger charge is 1.81. The minimum atomic E-state index is -0.833. The molecule has 1 aromatic carbocycles. The van der Waals surface area contributed by atoms with Crippen LogP contribution in [-0.4, -0.2) is 11.1 Å². The van der Waals surface area contributed by atoms with Gasteiger partial charge in [0.1, 0.15) is 0 Å². The first kappa shape index (κ1) is 15.0. The van der Waals surface area contributed by atoms with Crippen LogP contribution < -0.4 is 5.73 Å². The van der Waals surface area contributed by atoms with E-state index in [1.807, 2.05) is 45.0 Å². The molecule has 0 aliphatic rings. The van der Waals surface area contributed by atoms with Gasteiger partial charge in [0.15, 0.2) is 0 Å². The number of carboxylic acid groups (broad SMARTS) is 1. The van der Waals surface area contributed by atoms with Gasteiger partial charge in [0.05, 0.1) is 0 Å². The molecular formula is C11H19NO2. The van der Waals surface area contributed by atoms with Crippen molar-refractivity contribution in [2.24, 2.45) is 0 Å². The number of carbonyl (C=O) groups is 1. The normalized spacial score (nSPS) is 7.43. The lowest BCUT2D eigenvalue weighted by molar-refractivity contribution is -0.134. The number of aryl methyl sites for hydroxylation is 1. The smallest absolute Gasteiger partial charge is 0.300 e. The van der Waals surface area contributed by atoms with Crippen LogP contribution in [0.25, 0.3) is 0 Å². The first-order valence-electron chi connectivity index (χ1n) is 4.54. The molecule has 0 fully saturated rings. The predicted octanol–water partition coefficient (Wildman–Crippen LogP) is 2.69. The average Bonchev–Trinajstić information content (AvgIpc) is 2.06. The molecule has 0 aromatic heterocycles. The predicted molar refractivity (Wildman–Crippen MR) is 60.2 cm³/mol. The Hall–Kier alpha value is -1.51. The summed E-state index contributed by atoms with van der Waals surface area (Å²) >= 11 is 0. The second kappa shape index (κ2) is 9.58. The first-order valence-corrected chi connectivity index (χ1v) is 4.54. The van der Waals surface area contributed by atoms with E-state index < -0.39 is 5.97 Å². The maximum atomic E-state index is 9.00. The molecule has 0 aliphatic carbocycles. The van der Waals surface area contributed by atoms with Crippen molar-refractivity contribution < 1.29 is 9.90 Å². The van der Waals surface area contributed by atoms with Crippen molar-refractivity contribution in [2.75, 3.05) is 5.73 Å². The Bertz CT molecular complexity index is 238. The number of anilines is 1. The van der Waals surface area contributed by atoms with Gasteiger partial charge in [-0.15, -0.1) is 0 Å². The second-order valence-corrected chi connectivity index (χ2v) is 2.43. The Kier molecular flexibility index (Phi) is 10.3. The van der Waals surface area contributed by atoms with E-state index in [2.05, 4.69) is 0 Å². The number of carboxylic acids is 1. The number of hydrogen-bond donors (Lipinski definition) is 2. The van der Waals surface area contributed by atoms with Crippen molar-refractivity contribution in [1.29, 1.82) is 0 Å². The van der Waals surface area contributed by atoms with E-state index in [9.17, 15) is 0 Å². The topological polar surface area (TPSA) is 63.3 Å². The largest absolute Gasteiger partial charge is 0.481 e. The van der Waals surface area contributed by atoms with Crippen LogP contribution in [0.1, 0.15) is 26.3 Å². The van der Waals surface area contributed by atoms with Crippen molar-refractivity contribution in [3.05, 3.63) is 29.8 Å². The van der Waals surface area contributed by atoms with Crippen LogP contribution in [0.5, 0.6) is 0 Å². The molecule has 1 aromatic rings. The summed E-state index contributed by atoms with van der Waals surface area (Å²) in [6.45, 7) is 7.11. The van der Waals surface area contributed by atoms with Gasteiger partial charge < -0.3 is 10.8 Å². The molecule has 80 valence electrons. The Morgan fingerprint density at radius 2 is 1.79 bits per heavy atom. The number of benzene rings is 1. The molecule has 3 heteroatoms. The zero-order valence-corrected chi connectivity index (χ0v) is 9.24. The van der Waals surface area contributed by atoms with Crippen LogP contribution in [0.15, 0.2) is 24.3 Å². The maximum Gasteiger partial charge on any atom is 0.300 e. The highest BCUT2D eigenvalue weighted by molar-refractivity contribution is 5.62. The number of hydrogen-bond acceptors (Lipinski definition) is 2. The molecule has 0 unspecified atom stereocenters. The lowest BCUT2D eigenvalue weighted by Gasteiger charge is -1.91. The number of nitrogens with two attached hydrogens (primary N) is 1. The molecule has 0 heterocycles. The number of nitrogen functional groups attached to an aromatic ring is 1. The number of rotatable bonds is 0. The van der Waals surface area contributed by atoms with Crippen LogP contribution in [0.2, 0.25) is 0 Å². The Morgan fingerprint density at radius 3 is 2.00 bits per heavy atom. The van der Waals surface area contributed by atoms with E-state index >= 15 is 0 Å². The summed E-state index contributed by atoms with van der Waals surface area (Å²) in [7, 11) is 0. The maximum absolute atomic E-state index is 9.00. The summed E-state index contributed by atoms with van der Waals surface area (Å²) in [5.74, 6) is -0.833. The molecule has 0 saturated carbocycles. The molecule has 0 aliphatic heterocycles. The van der Waals surface area contributed by atoms with Crippen molar-refractivity contribution in [1.82, 2.24) is 0 Å². The van der Waals surface area contributed by atoms with Crippen LogP contribution in [-0.2, 0) is 4.79 Å². The van der Waals surface area contributed by atoms with Gasteiger partial charge in [-0.2, -0.15) is 0 Å². The fourth-order valence-electron chi connectivity index (χ4n) is 0.670. The standard InChI is InChI=1S/C7H9N.C2H4O2.C2H6/c1-6-3-2-4-7(8)5-6;1-2(3)4;1-2/h2-5H,8H2,1H3;1H3,(H,3,4);1-2H3. The van der Waals surface area contributed by atoms with Crippen molar-refractivity contribution >= 4 is 11.7 Å². The summed E-state index contributed by atoms with van der Waals surface area (Å²) in [6, 6.07) is 7.80. The van der Waals surface area contributed by atoms with Crippen molar-refractivity contribution in [3.63, 3.8) is 0 Å². The highest BCUT2D eigenvalue weighted by Crippen LogP contribution is 2.03. The summed E-state index contributed by atoms with van der Waals surface area (Å²) in [5.41, 5.74) is 7.51.